The van der Waals surface area contributed by atoms with E-state index < -0.39 is 0 Å². The van der Waals surface area contributed by atoms with Gasteiger partial charge in [-0.15, -0.1) is 0 Å². The number of benzene rings is 2. The van der Waals surface area contributed by atoms with E-state index in [1.807, 2.05) is 51.1 Å². The van der Waals surface area contributed by atoms with Gasteiger partial charge in [-0.25, -0.2) is 4.79 Å². The zero-order chi connectivity index (χ0) is 24.5. The maximum absolute atomic E-state index is 13.1. The second-order valence-electron chi connectivity index (χ2n) is 9.03. The largest absolute Gasteiger partial charge is 0.382 e. The van der Waals surface area contributed by atoms with Crippen molar-refractivity contribution >= 4 is 29.0 Å². The number of anilines is 3. The molecule has 0 aliphatic carbocycles. The minimum absolute atomic E-state index is 0.135. The maximum Gasteiger partial charge on any atom is 0.323 e. The molecule has 1 aliphatic heterocycles. The molecular weight excluding hydrogens is 428 g/mol. The molecule has 0 aromatic heterocycles. The first-order valence-corrected chi connectivity index (χ1v) is 12.3. The summed E-state index contributed by atoms with van der Waals surface area (Å²) in [6.07, 6.45) is 2.97. The van der Waals surface area contributed by atoms with Gasteiger partial charge in [0.2, 0.25) is 0 Å². The van der Waals surface area contributed by atoms with Crippen molar-refractivity contribution in [3.63, 3.8) is 0 Å². The average Bonchev–Trinajstić information content (AvgIpc) is 2.82. The number of nitrogens with one attached hydrogen (secondary N) is 3. The highest BCUT2D eigenvalue weighted by Crippen LogP contribution is 2.29. The van der Waals surface area contributed by atoms with E-state index in [1.165, 1.54) is 0 Å². The van der Waals surface area contributed by atoms with Crippen molar-refractivity contribution in [1.29, 1.82) is 0 Å². The Hall–Kier alpha value is -3.06. The topological polar surface area (TPSA) is 82.7 Å². The number of aryl methyl sites for hydroxylation is 1. The van der Waals surface area contributed by atoms with Crippen molar-refractivity contribution < 1.29 is 14.3 Å². The Balaban J connectivity index is 1.74. The third-order valence-corrected chi connectivity index (χ3v) is 6.43. The Kier molecular flexibility index (Phi) is 9.33. The number of urea groups is 1. The molecule has 0 spiro atoms. The van der Waals surface area contributed by atoms with Crippen molar-refractivity contribution in [2.75, 3.05) is 48.4 Å². The first-order valence-electron chi connectivity index (χ1n) is 12.3. The van der Waals surface area contributed by atoms with Crippen LogP contribution in [0.15, 0.2) is 36.4 Å². The molecule has 3 N–H and O–H groups in total. The van der Waals surface area contributed by atoms with Crippen LogP contribution in [0.3, 0.4) is 0 Å². The number of ether oxygens (including phenoxy) is 1. The van der Waals surface area contributed by atoms with Crippen LogP contribution in [0.1, 0.15) is 54.6 Å². The van der Waals surface area contributed by atoms with Crippen molar-refractivity contribution in [2.24, 2.45) is 5.92 Å². The van der Waals surface area contributed by atoms with Crippen LogP contribution >= 0.6 is 0 Å². The summed E-state index contributed by atoms with van der Waals surface area (Å²) in [5.74, 6) is 0.561. The quantitative estimate of drug-likeness (QED) is 0.436. The van der Waals surface area contributed by atoms with Crippen LogP contribution in [0.4, 0.5) is 21.9 Å². The zero-order valence-electron chi connectivity index (χ0n) is 20.9. The van der Waals surface area contributed by atoms with Crippen LogP contribution in [-0.4, -0.2) is 44.8 Å². The molecule has 2 aromatic carbocycles. The second-order valence-corrected chi connectivity index (χ2v) is 9.03. The third kappa shape index (κ3) is 6.97. The van der Waals surface area contributed by atoms with Crippen LogP contribution in [0.2, 0.25) is 0 Å². The molecule has 7 heteroatoms. The molecule has 1 heterocycles. The molecule has 0 saturated carbocycles. The predicted molar refractivity (Wildman–Crippen MR) is 139 cm³/mol. The van der Waals surface area contributed by atoms with E-state index in [9.17, 15) is 9.59 Å². The second kappa shape index (κ2) is 12.4. The highest BCUT2D eigenvalue weighted by Gasteiger charge is 2.22. The molecule has 0 bridgehead atoms. The molecule has 1 aliphatic rings. The Morgan fingerprint density at radius 3 is 2.59 bits per heavy atom. The summed E-state index contributed by atoms with van der Waals surface area (Å²) in [6, 6.07) is 11.0. The Labute approximate surface area is 203 Å². The lowest BCUT2D eigenvalue weighted by Gasteiger charge is -2.33. The highest BCUT2D eigenvalue weighted by molar-refractivity contribution is 6.04. The molecule has 3 amide bonds. The number of hydrogen-bond acceptors (Lipinski definition) is 4. The van der Waals surface area contributed by atoms with Gasteiger partial charge >= 0.3 is 6.03 Å². The van der Waals surface area contributed by atoms with Crippen LogP contribution in [-0.2, 0) is 4.74 Å². The lowest BCUT2D eigenvalue weighted by molar-refractivity contribution is 0.0944. The SMILES string of the molecule is CCOCCCNC(=O)c1cc(NC(=O)Nc2cccc(C)c2C)ccc1N1CCC(C)CC1. The Morgan fingerprint density at radius 2 is 1.85 bits per heavy atom. The molecule has 1 saturated heterocycles. The van der Waals surface area contributed by atoms with E-state index >= 15 is 0 Å². The summed E-state index contributed by atoms with van der Waals surface area (Å²) >= 11 is 0. The number of piperidine rings is 1. The molecule has 0 unspecified atom stereocenters. The van der Waals surface area contributed by atoms with E-state index in [1.54, 1.807) is 6.07 Å². The van der Waals surface area contributed by atoms with Crippen LogP contribution in [0.5, 0.6) is 0 Å². The molecule has 0 atom stereocenters. The van der Waals surface area contributed by atoms with Crippen LogP contribution in [0.25, 0.3) is 0 Å². The van der Waals surface area contributed by atoms with Crippen molar-refractivity contribution in [3.05, 3.63) is 53.1 Å². The molecule has 1 fully saturated rings. The van der Waals surface area contributed by atoms with Gasteiger partial charge in [-0.2, -0.15) is 0 Å². The summed E-state index contributed by atoms with van der Waals surface area (Å²) in [5, 5.41) is 8.80. The normalized spacial score (nSPS) is 14.1. The first kappa shape index (κ1) is 25.6. The van der Waals surface area contributed by atoms with Gasteiger partial charge in [0, 0.05) is 49.9 Å². The third-order valence-electron chi connectivity index (χ3n) is 6.43. The lowest BCUT2D eigenvalue weighted by atomic mass is 9.98. The van der Waals surface area contributed by atoms with Crippen LogP contribution < -0.4 is 20.9 Å². The van der Waals surface area contributed by atoms with Crippen molar-refractivity contribution in [3.8, 4) is 0 Å². The fraction of sp³-hybridized carbons (Fsp3) is 0.481. The van der Waals surface area contributed by atoms with E-state index in [4.69, 9.17) is 4.74 Å². The van der Waals surface area contributed by atoms with Gasteiger partial charge < -0.3 is 25.6 Å². The molecule has 2 aromatic rings. The average molecular weight is 467 g/mol. The fourth-order valence-corrected chi connectivity index (χ4v) is 4.11. The van der Waals surface area contributed by atoms with Crippen molar-refractivity contribution in [1.82, 2.24) is 5.32 Å². The number of nitrogens with zero attached hydrogens (tertiary/aromatic N) is 1. The van der Waals surface area contributed by atoms with E-state index in [0.717, 1.165) is 54.9 Å². The standard InChI is InChI=1S/C27H38N4O3/c1-5-34-17-7-14-28-26(32)23-18-22(10-11-25(23)31-15-12-19(2)13-16-31)29-27(33)30-24-9-6-8-20(3)21(24)4/h6,8-11,18-19H,5,7,12-17H2,1-4H3,(H,28,32)(H2,29,30,33). The molecule has 7 nitrogen and oxygen atoms in total. The Bertz CT molecular complexity index is 984. The predicted octanol–water partition coefficient (Wildman–Crippen LogP) is 5.34. The van der Waals surface area contributed by atoms with E-state index in [0.29, 0.717) is 36.9 Å². The van der Waals surface area contributed by atoms with Crippen LogP contribution in [0, 0.1) is 19.8 Å². The monoisotopic (exact) mass is 466 g/mol. The first-order chi connectivity index (χ1) is 16.4. The Morgan fingerprint density at radius 1 is 1.09 bits per heavy atom. The highest BCUT2D eigenvalue weighted by atomic mass is 16.5. The number of rotatable bonds is 9. The van der Waals surface area contributed by atoms with Gasteiger partial charge in [0.1, 0.15) is 0 Å². The minimum Gasteiger partial charge on any atom is -0.382 e. The number of amides is 3. The fourth-order valence-electron chi connectivity index (χ4n) is 4.11. The lowest BCUT2D eigenvalue weighted by Crippen LogP contribution is -2.35. The van der Waals surface area contributed by atoms with Gasteiger partial charge in [0.15, 0.2) is 0 Å². The van der Waals surface area contributed by atoms with Gasteiger partial charge in [0.25, 0.3) is 5.91 Å². The summed E-state index contributed by atoms with van der Waals surface area (Å²) in [7, 11) is 0. The molecule has 0 radical (unpaired) electrons. The van der Waals surface area contributed by atoms with E-state index in [2.05, 4.69) is 27.8 Å². The molecule has 34 heavy (non-hydrogen) atoms. The summed E-state index contributed by atoms with van der Waals surface area (Å²) in [6.45, 7) is 11.9. The zero-order valence-corrected chi connectivity index (χ0v) is 20.9. The number of carbonyl (C=O) groups is 2. The molecule has 3 rings (SSSR count). The number of hydrogen-bond donors (Lipinski definition) is 3. The van der Waals surface area contributed by atoms with Gasteiger partial charge in [-0.3, -0.25) is 4.79 Å². The van der Waals surface area contributed by atoms with Crippen molar-refractivity contribution in [2.45, 2.75) is 47.0 Å². The summed E-state index contributed by atoms with van der Waals surface area (Å²) < 4.78 is 5.36. The smallest absolute Gasteiger partial charge is 0.323 e. The maximum atomic E-state index is 13.1. The number of carbonyl (C=O) groups excluding carboxylic acids is 2. The molecule has 184 valence electrons. The van der Waals surface area contributed by atoms with E-state index in [-0.39, 0.29) is 11.9 Å². The van der Waals surface area contributed by atoms with Gasteiger partial charge in [-0.05, 0) is 81.3 Å². The van der Waals surface area contributed by atoms with Gasteiger partial charge in [0.05, 0.1) is 5.56 Å². The summed E-state index contributed by atoms with van der Waals surface area (Å²) in [4.78, 5) is 28.1. The molecular formula is C27H38N4O3. The van der Waals surface area contributed by atoms with Gasteiger partial charge in [-0.1, -0.05) is 19.1 Å². The summed E-state index contributed by atoms with van der Waals surface area (Å²) in [5.41, 5.74) is 4.98. The minimum atomic E-state index is -0.337.